The molecule has 0 aliphatic carbocycles. The van der Waals surface area contributed by atoms with Crippen molar-refractivity contribution in [1.29, 1.82) is 0 Å². The molecule has 0 fully saturated rings. The number of hydrogen-bond donors (Lipinski definition) is 3. The Morgan fingerprint density at radius 3 is 2.65 bits per heavy atom. The zero-order chi connectivity index (χ0) is 18.5. The second-order valence-electron chi connectivity index (χ2n) is 5.96. The van der Waals surface area contributed by atoms with E-state index in [1.807, 2.05) is 24.3 Å². The van der Waals surface area contributed by atoms with E-state index >= 15 is 0 Å². The molecule has 1 amide bonds. The first-order chi connectivity index (χ1) is 12.6. The van der Waals surface area contributed by atoms with Gasteiger partial charge in [0.25, 0.3) is 0 Å². The number of carbonyl (C=O) groups is 1. The van der Waals surface area contributed by atoms with Crippen molar-refractivity contribution in [2.45, 2.75) is 26.2 Å². The summed E-state index contributed by atoms with van der Waals surface area (Å²) in [6, 6.07) is 14.5. The van der Waals surface area contributed by atoms with E-state index in [1.165, 1.54) is 6.92 Å². The minimum absolute atomic E-state index is 0.0941. The molecule has 0 saturated carbocycles. The monoisotopic (exact) mass is 355 g/mol. The number of aromatic nitrogens is 2. The highest BCUT2D eigenvalue weighted by Gasteiger charge is 2.14. The largest absolute Gasteiger partial charge is 0.491 e. The predicted molar refractivity (Wildman–Crippen MR) is 97.9 cm³/mol. The summed E-state index contributed by atoms with van der Waals surface area (Å²) in [6.07, 6.45) is -0.770. The molecule has 0 bridgehead atoms. The Kier molecular flexibility index (Phi) is 5.50. The number of benzene rings is 2. The van der Waals surface area contributed by atoms with Crippen molar-refractivity contribution >= 4 is 22.6 Å². The van der Waals surface area contributed by atoms with Crippen LogP contribution in [0.3, 0.4) is 0 Å². The van der Waals surface area contributed by atoms with Crippen molar-refractivity contribution < 1.29 is 19.7 Å². The topological polar surface area (TPSA) is 96.6 Å². The minimum atomic E-state index is -0.770. The molecule has 0 spiro atoms. The number of amides is 1. The van der Waals surface area contributed by atoms with E-state index in [4.69, 9.17) is 4.74 Å². The molecule has 3 rings (SSSR count). The lowest BCUT2D eigenvalue weighted by Crippen LogP contribution is -2.24. The Morgan fingerprint density at radius 2 is 1.96 bits per heavy atom. The Hall–Kier alpha value is -2.90. The molecule has 7 heteroatoms. The number of anilines is 1. The summed E-state index contributed by atoms with van der Waals surface area (Å²) in [5, 5.41) is 22.5. The van der Waals surface area contributed by atoms with E-state index in [0.29, 0.717) is 17.3 Å². The maximum absolute atomic E-state index is 11.0. The van der Waals surface area contributed by atoms with Gasteiger partial charge >= 0.3 is 0 Å². The molecule has 0 aliphatic rings. The average Bonchev–Trinajstić information content (AvgIpc) is 2.98. The van der Waals surface area contributed by atoms with Gasteiger partial charge in [0.05, 0.1) is 17.6 Å². The molecule has 0 radical (unpaired) electrons. The second-order valence-corrected chi connectivity index (χ2v) is 5.96. The quantitative estimate of drug-likeness (QED) is 0.602. The van der Waals surface area contributed by atoms with E-state index in [9.17, 15) is 15.0 Å². The number of aliphatic hydroxyl groups excluding tert-OH is 2. The van der Waals surface area contributed by atoms with Crippen molar-refractivity contribution in [3.05, 3.63) is 54.4 Å². The van der Waals surface area contributed by atoms with Gasteiger partial charge in [-0.05, 0) is 36.4 Å². The number of hydrogen-bond acceptors (Lipinski definition) is 5. The van der Waals surface area contributed by atoms with Gasteiger partial charge in [-0.25, -0.2) is 4.98 Å². The maximum atomic E-state index is 11.0. The minimum Gasteiger partial charge on any atom is -0.491 e. The van der Waals surface area contributed by atoms with Crippen LogP contribution in [0.4, 0.5) is 5.69 Å². The lowest BCUT2D eigenvalue weighted by molar-refractivity contribution is -0.114. The van der Waals surface area contributed by atoms with Gasteiger partial charge in [-0.15, -0.1) is 0 Å². The molecule has 0 saturated heterocycles. The van der Waals surface area contributed by atoms with Crippen LogP contribution in [-0.4, -0.2) is 38.4 Å². The third kappa shape index (κ3) is 4.19. The number of nitrogens with zero attached hydrogens (tertiary/aromatic N) is 2. The van der Waals surface area contributed by atoms with Crippen LogP contribution < -0.4 is 10.1 Å². The highest BCUT2D eigenvalue weighted by molar-refractivity contribution is 5.88. The summed E-state index contributed by atoms with van der Waals surface area (Å²) < 4.78 is 7.40. The number of carbonyl (C=O) groups excluding carboxylic acids is 1. The van der Waals surface area contributed by atoms with Crippen LogP contribution in [0.25, 0.3) is 11.0 Å². The molecule has 1 atom stereocenters. The van der Waals surface area contributed by atoms with Crippen molar-refractivity contribution in [1.82, 2.24) is 9.55 Å². The van der Waals surface area contributed by atoms with E-state index in [-0.39, 0.29) is 25.7 Å². The van der Waals surface area contributed by atoms with Gasteiger partial charge in [0.1, 0.15) is 30.9 Å². The van der Waals surface area contributed by atoms with Crippen molar-refractivity contribution in [3.8, 4) is 5.75 Å². The number of aliphatic hydroxyl groups is 2. The summed E-state index contributed by atoms with van der Waals surface area (Å²) in [5.41, 5.74) is 2.32. The number of imidazole rings is 1. The van der Waals surface area contributed by atoms with Gasteiger partial charge in [-0.2, -0.15) is 0 Å². The average molecular weight is 355 g/mol. The van der Waals surface area contributed by atoms with Crippen LogP contribution in [0.5, 0.6) is 5.75 Å². The first kappa shape index (κ1) is 17.9. The molecule has 1 aromatic heterocycles. The van der Waals surface area contributed by atoms with Crippen LogP contribution >= 0.6 is 0 Å². The summed E-state index contributed by atoms with van der Waals surface area (Å²) in [6.45, 7) is 1.60. The van der Waals surface area contributed by atoms with Crippen LogP contribution in [-0.2, 0) is 17.9 Å². The van der Waals surface area contributed by atoms with Gasteiger partial charge in [-0.1, -0.05) is 12.1 Å². The molecule has 0 unspecified atom stereocenters. The molecule has 1 heterocycles. The number of fused-ring (bicyclic) bond motifs is 1. The van der Waals surface area contributed by atoms with Gasteiger partial charge in [0, 0.05) is 12.6 Å². The van der Waals surface area contributed by atoms with E-state index in [2.05, 4.69) is 10.3 Å². The zero-order valence-electron chi connectivity index (χ0n) is 14.4. The molecule has 136 valence electrons. The zero-order valence-corrected chi connectivity index (χ0v) is 14.4. The Morgan fingerprint density at radius 1 is 1.23 bits per heavy atom. The number of para-hydroxylation sites is 2. The summed E-state index contributed by atoms with van der Waals surface area (Å²) in [4.78, 5) is 15.4. The molecule has 3 N–H and O–H groups in total. The molecular formula is C19H21N3O4. The normalized spacial score (nSPS) is 12.1. The van der Waals surface area contributed by atoms with Crippen LogP contribution in [0.1, 0.15) is 12.7 Å². The predicted octanol–water partition coefficient (Wildman–Crippen LogP) is 1.93. The fourth-order valence-corrected chi connectivity index (χ4v) is 2.74. The smallest absolute Gasteiger partial charge is 0.221 e. The van der Waals surface area contributed by atoms with Crippen LogP contribution in [0.15, 0.2) is 48.5 Å². The molecule has 7 nitrogen and oxygen atoms in total. The van der Waals surface area contributed by atoms with Gasteiger partial charge < -0.3 is 24.8 Å². The van der Waals surface area contributed by atoms with Crippen molar-refractivity contribution in [2.75, 3.05) is 11.9 Å². The fraction of sp³-hybridized carbons (Fsp3) is 0.263. The van der Waals surface area contributed by atoms with E-state index in [1.54, 1.807) is 28.8 Å². The first-order valence-corrected chi connectivity index (χ1v) is 8.30. The Balaban J connectivity index is 1.62. The van der Waals surface area contributed by atoms with Gasteiger partial charge in [0.15, 0.2) is 0 Å². The molecule has 26 heavy (non-hydrogen) atoms. The maximum Gasteiger partial charge on any atom is 0.221 e. The highest BCUT2D eigenvalue weighted by atomic mass is 16.5. The fourth-order valence-electron chi connectivity index (χ4n) is 2.74. The Bertz CT molecular complexity index is 889. The summed E-state index contributed by atoms with van der Waals surface area (Å²) >= 11 is 0. The summed E-state index contributed by atoms with van der Waals surface area (Å²) in [7, 11) is 0. The van der Waals surface area contributed by atoms with E-state index in [0.717, 1.165) is 11.0 Å². The lowest BCUT2D eigenvalue weighted by atomic mass is 10.3. The third-order valence-electron chi connectivity index (χ3n) is 3.89. The van der Waals surface area contributed by atoms with Crippen molar-refractivity contribution in [3.63, 3.8) is 0 Å². The van der Waals surface area contributed by atoms with Crippen LogP contribution in [0.2, 0.25) is 0 Å². The second kappa shape index (κ2) is 7.99. The first-order valence-electron chi connectivity index (χ1n) is 8.30. The van der Waals surface area contributed by atoms with Crippen LogP contribution in [0, 0.1) is 0 Å². The standard InChI is InChI=1S/C19H21N3O4/c1-13(24)20-14-6-8-16(9-7-14)26-12-15(25)10-22-18-5-3-2-4-17(18)21-19(22)11-23/h2-9,15,23,25H,10-12H2,1H3,(H,20,24)/t15-/m1/s1. The molecular weight excluding hydrogens is 334 g/mol. The highest BCUT2D eigenvalue weighted by Crippen LogP contribution is 2.18. The third-order valence-corrected chi connectivity index (χ3v) is 3.89. The molecule has 2 aromatic carbocycles. The molecule has 0 aliphatic heterocycles. The van der Waals surface area contributed by atoms with Gasteiger partial charge in [-0.3, -0.25) is 4.79 Å². The number of nitrogens with one attached hydrogen (secondary N) is 1. The number of ether oxygens (including phenoxy) is 1. The SMILES string of the molecule is CC(=O)Nc1ccc(OC[C@H](O)Cn2c(CO)nc3ccccc32)cc1. The van der Waals surface area contributed by atoms with Crippen molar-refractivity contribution in [2.24, 2.45) is 0 Å². The lowest BCUT2D eigenvalue weighted by Gasteiger charge is -2.15. The Labute approximate surface area is 150 Å². The van der Waals surface area contributed by atoms with E-state index < -0.39 is 6.10 Å². The summed E-state index contributed by atoms with van der Waals surface area (Å²) in [5.74, 6) is 0.960. The number of rotatable bonds is 7. The van der Waals surface area contributed by atoms with Gasteiger partial charge in [0.2, 0.25) is 5.91 Å². The molecule has 3 aromatic rings.